The van der Waals surface area contributed by atoms with Gasteiger partial charge in [-0.05, 0) is 39.2 Å². The van der Waals surface area contributed by atoms with Gasteiger partial charge in [-0.2, -0.15) is 0 Å². The van der Waals surface area contributed by atoms with Gasteiger partial charge in [0.2, 0.25) is 0 Å². The number of amides is 1. The summed E-state index contributed by atoms with van der Waals surface area (Å²) in [6.07, 6.45) is 3.52. The van der Waals surface area contributed by atoms with E-state index >= 15 is 0 Å². The minimum Gasteiger partial charge on any atom is -0.483 e. The topological polar surface area (TPSA) is 89.8 Å². The average molecular weight is 320 g/mol. The fraction of sp³-hybridized carbons (Fsp3) is 0.500. The highest BCUT2D eigenvalue weighted by atomic mass is 16.6. The van der Waals surface area contributed by atoms with Crippen molar-refractivity contribution in [3.05, 3.63) is 33.9 Å². The molecule has 23 heavy (non-hydrogen) atoms. The zero-order chi connectivity index (χ0) is 17.0. The van der Waals surface area contributed by atoms with Crippen molar-refractivity contribution in [1.82, 2.24) is 4.90 Å². The van der Waals surface area contributed by atoms with Gasteiger partial charge < -0.3 is 9.64 Å². The number of rotatable bonds is 5. The third-order valence-electron chi connectivity index (χ3n) is 4.16. The normalized spacial score (nSPS) is 20.9. The maximum absolute atomic E-state index is 12.4. The second kappa shape index (κ2) is 7.21. The molecule has 0 saturated carbocycles. The van der Waals surface area contributed by atoms with E-state index in [4.69, 9.17) is 4.74 Å². The fourth-order valence-electron chi connectivity index (χ4n) is 3.00. The molecule has 1 aliphatic heterocycles. The fourth-order valence-corrected chi connectivity index (χ4v) is 3.00. The van der Waals surface area contributed by atoms with Gasteiger partial charge in [0, 0.05) is 24.2 Å². The summed E-state index contributed by atoms with van der Waals surface area (Å²) in [5.41, 5.74) is -0.129. The molecule has 2 unspecified atom stereocenters. The molecule has 1 amide bonds. The van der Waals surface area contributed by atoms with E-state index in [0.29, 0.717) is 6.29 Å². The molecular weight excluding hydrogens is 300 g/mol. The van der Waals surface area contributed by atoms with Crippen LogP contribution in [0.15, 0.2) is 18.2 Å². The Morgan fingerprint density at radius 1 is 1.39 bits per heavy atom. The second-order valence-electron chi connectivity index (χ2n) is 5.82. The van der Waals surface area contributed by atoms with Crippen molar-refractivity contribution in [2.24, 2.45) is 0 Å². The van der Waals surface area contributed by atoms with Crippen LogP contribution in [0.3, 0.4) is 0 Å². The summed E-state index contributed by atoms with van der Waals surface area (Å²) in [6, 6.07) is 4.06. The minimum atomic E-state index is -0.584. The molecule has 0 N–H and O–H groups in total. The van der Waals surface area contributed by atoms with Gasteiger partial charge in [-0.3, -0.25) is 19.7 Å². The van der Waals surface area contributed by atoms with Crippen LogP contribution in [0.1, 0.15) is 43.5 Å². The van der Waals surface area contributed by atoms with Gasteiger partial charge in [0.25, 0.3) is 11.6 Å². The number of hydrogen-bond acceptors (Lipinski definition) is 5. The van der Waals surface area contributed by atoms with E-state index in [1.807, 2.05) is 18.7 Å². The number of nitro groups is 1. The SMILES string of the molecule is CC1CCCC(C)N1C(=O)COc1ccc([N+](=O)[O-])cc1C=O. The Kier molecular flexibility index (Phi) is 5.31. The van der Waals surface area contributed by atoms with Crippen LogP contribution in [0.5, 0.6) is 5.75 Å². The lowest BCUT2D eigenvalue weighted by Gasteiger charge is -2.39. The van der Waals surface area contributed by atoms with E-state index in [1.54, 1.807) is 0 Å². The monoisotopic (exact) mass is 320 g/mol. The molecule has 1 aliphatic rings. The Morgan fingerprint density at radius 3 is 2.61 bits per heavy atom. The van der Waals surface area contributed by atoms with Gasteiger partial charge in [0.1, 0.15) is 5.75 Å². The lowest BCUT2D eigenvalue weighted by molar-refractivity contribution is -0.384. The molecule has 7 heteroatoms. The van der Waals surface area contributed by atoms with E-state index in [-0.39, 0.29) is 41.6 Å². The first-order valence-electron chi connectivity index (χ1n) is 7.61. The molecule has 1 aromatic carbocycles. The zero-order valence-corrected chi connectivity index (χ0v) is 13.2. The Bertz CT molecular complexity index is 606. The quantitative estimate of drug-likeness (QED) is 0.472. The predicted octanol–water partition coefficient (Wildman–Crippen LogP) is 2.58. The first-order chi connectivity index (χ1) is 10.9. The predicted molar refractivity (Wildman–Crippen MR) is 83.6 cm³/mol. The average Bonchev–Trinajstić information content (AvgIpc) is 2.52. The van der Waals surface area contributed by atoms with Crippen LogP contribution in [0.25, 0.3) is 0 Å². The van der Waals surface area contributed by atoms with Gasteiger partial charge in [0.05, 0.1) is 10.5 Å². The number of ether oxygens (including phenoxy) is 1. The van der Waals surface area contributed by atoms with E-state index in [2.05, 4.69) is 0 Å². The number of non-ortho nitro benzene ring substituents is 1. The maximum Gasteiger partial charge on any atom is 0.270 e. The van der Waals surface area contributed by atoms with Crippen LogP contribution in [-0.2, 0) is 4.79 Å². The molecule has 2 rings (SSSR count). The minimum absolute atomic E-state index is 0.0618. The van der Waals surface area contributed by atoms with Crippen molar-refractivity contribution in [2.45, 2.75) is 45.2 Å². The van der Waals surface area contributed by atoms with Crippen LogP contribution < -0.4 is 4.74 Å². The van der Waals surface area contributed by atoms with Crippen molar-refractivity contribution >= 4 is 17.9 Å². The highest BCUT2D eigenvalue weighted by Crippen LogP contribution is 2.25. The molecule has 0 radical (unpaired) electrons. The van der Waals surface area contributed by atoms with Gasteiger partial charge in [-0.25, -0.2) is 0 Å². The molecule has 7 nitrogen and oxygen atoms in total. The van der Waals surface area contributed by atoms with Crippen LogP contribution >= 0.6 is 0 Å². The first kappa shape index (κ1) is 16.9. The maximum atomic E-state index is 12.4. The molecule has 0 bridgehead atoms. The summed E-state index contributed by atoms with van der Waals surface area (Å²) < 4.78 is 5.43. The number of likely N-dealkylation sites (tertiary alicyclic amines) is 1. The summed E-state index contributed by atoms with van der Waals surface area (Å²) in [5.74, 6) is 0.0381. The smallest absolute Gasteiger partial charge is 0.270 e. The molecule has 0 aromatic heterocycles. The summed E-state index contributed by atoms with van der Waals surface area (Å²) in [4.78, 5) is 35.4. The van der Waals surface area contributed by atoms with Crippen molar-refractivity contribution < 1.29 is 19.2 Å². The van der Waals surface area contributed by atoms with Crippen LogP contribution in [-0.4, -0.2) is 40.7 Å². The number of carbonyl (C=O) groups excluding carboxylic acids is 2. The van der Waals surface area contributed by atoms with Gasteiger partial charge in [0.15, 0.2) is 12.9 Å². The number of carbonyl (C=O) groups is 2. The second-order valence-corrected chi connectivity index (χ2v) is 5.82. The standard InChI is InChI=1S/C16H20N2O5/c1-11-4-3-5-12(2)17(11)16(20)10-23-15-7-6-14(18(21)22)8-13(15)9-19/h6-9,11-12H,3-5,10H2,1-2H3. The lowest BCUT2D eigenvalue weighted by atomic mass is 9.97. The number of hydrogen-bond donors (Lipinski definition) is 0. The highest BCUT2D eigenvalue weighted by molar-refractivity contribution is 5.82. The largest absolute Gasteiger partial charge is 0.483 e. The van der Waals surface area contributed by atoms with E-state index in [0.717, 1.165) is 25.3 Å². The van der Waals surface area contributed by atoms with Gasteiger partial charge in [-0.1, -0.05) is 0 Å². The molecule has 1 aromatic rings. The first-order valence-corrected chi connectivity index (χ1v) is 7.61. The molecule has 1 fully saturated rings. The number of nitrogens with zero attached hydrogens (tertiary/aromatic N) is 2. The van der Waals surface area contributed by atoms with Gasteiger partial charge >= 0.3 is 0 Å². The number of aldehydes is 1. The third kappa shape index (κ3) is 3.85. The van der Waals surface area contributed by atoms with Gasteiger partial charge in [-0.15, -0.1) is 0 Å². The summed E-state index contributed by atoms with van der Waals surface area (Å²) >= 11 is 0. The Labute approximate surface area is 134 Å². The Morgan fingerprint density at radius 2 is 2.04 bits per heavy atom. The summed E-state index contributed by atoms with van der Waals surface area (Å²) in [7, 11) is 0. The zero-order valence-electron chi connectivity index (χ0n) is 13.2. The van der Waals surface area contributed by atoms with Crippen molar-refractivity contribution in [1.29, 1.82) is 0 Å². The van der Waals surface area contributed by atoms with E-state index in [1.165, 1.54) is 12.1 Å². The van der Waals surface area contributed by atoms with Crippen molar-refractivity contribution in [3.8, 4) is 5.75 Å². The van der Waals surface area contributed by atoms with E-state index < -0.39 is 4.92 Å². The molecule has 2 atom stereocenters. The van der Waals surface area contributed by atoms with Crippen molar-refractivity contribution in [3.63, 3.8) is 0 Å². The molecule has 0 aliphatic carbocycles. The number of benzene rings is 1. The van der Waals surface area contributed by atoms with Crippen LogP contribution in [0, 0.1) is 10.1 Å². The summed E-state index contributed by atoms with van der Waals surface area (Å²) in [5, 5.41) is 10.7. The third-order valence-corrected chi connectivity index (χ3v) is 4.16. The molecular formula is C16H20N2O5. The lowest BCUT2D eigenvalue weighted by Crippen LogP contribution is -2.49. The molecule has 1 heterocycles. The molecule has 1 saturated heterocycles. The Balaban J connectivity index is 2.06. The number of nitro benzene ring substituents is 1. The number of piperidine rings is 1. The van der Waals surface area contributed by atoms with Crippen LogP contribution in [0.4, 0.5) is 5.69 Å². The molecule has 124 valence electrons. The highest BCUT2D eigenvalue weighted by Gasteiger charge is 2.29. The summed E-state index contributed by atoms with van der Waals surface area (Å²) in [6.45, 7) is 3.83. The molecule has 0 spiro atoms. The Hall–Kier alpha value is -2.44. The van der Waals surface area contributed by atoms with Crippen molar-refractivity contribution in [2.75, 3.05) is 6.61 Å². The van der Waals surface area contributed by atoms with Crippen LogP contribution in [0.2, 0.25) is 0 Å². The van der Waals surface area contributed by atoms with E-state index in [9.17, 15) is 19.7 Å².